The molecular formula is C17H28N2O2. The lowest BCUT2D eigenvalue weighted by molar-refractivity contribution is 0.217. The molecule has 1 aromatic rings. The van der Waals surface area contributed by atoms with Gasteiger partial charge in [-0.05, 0) is 58.3 Å². The van der Waals surface area contributed by atoms with Crippen LogP contribution < -0.4 is 14.8 Å². The molecule has 0 spiro atoms. The van der Waals surface area contributed by atoms with E-state index in [1.54, 1.807) is 0 Å². The zero-order valence-electron chi connectivity index (χ0n) is 13.5. The van der Waals surface area contributed by atoms with Crippen molar-refractivity contribution in [2.75, 3.05) is 45.2 Å². The van der Waals surface area contributed by atoms with Crippen LogP contribution in [-0.2, 0) is 0 Å². The summed E-state index contributed by atoms with van der Waals surface area (Å²) in [6.45, 7) is 8.75. The van der Waals surface area contributed by atoms with E-state index in [9.17, 15) is 0 Å². The van der Waals surface area contributed by atoms with Crippen LogP contribution in [0.4, 0.5) is 5.69 Å². The second kappa shape index (κ2) is 8.13. The topological polar surface area (TPSA) is 33.7 Å². The van der Waals surface area contributed by atoms with Gasteiger partial charge in [-0.15, -0.1) is 0 Å². The van der Waals surface area contributed by atoms with Crippen molar-refractivity contribution in [1.29, 1.82) is 0 Å². The number of hydrogen-bond acceptors (Lipinski definition) is 4. The van der Waals surface area contributed by atoms with Crippen molar-refractivity contribution in [3.63, 3.8) is 0 Å². The third kappa shape index (κ3) is 4.81. The maximum atomic E-state index is 5.70. The number of nitrogens with one attached hydrogen (secondary N) is 1. The zero-order valence-corrected chi connectivity index (χ0v) is 13.5. The lowest BCUT2D eigenvalue weighted by atomic mass is 9.98. The molecule has 4 nitrogen and oxygen atoms in total. The summed E-state index contributed by atoms with van der Waals surface area (Å²) < 4.78 is 11.3. The van der Waals surface area contributed by atoms with E-state index in [1.807, 2.05) is 32.0 Å². The molecule has 0 radical (unpaired) electrons. The number of hydrogen-bond donors (Lipinski definition) is 1. The molecule has 2 rings (SSSR count). The average molecular weight is 292 g/mol. The van der Waals surface area contributed by atoms with Gasteiger partial charge in [-0.3, -0.25) is 0 Å². The molecule has 1 N–H and O–H groups in total. The number of nitrogens with zero attached hydrogens (tertiary/aromatic N) is 1. The van der Waals surface area contributed by atoms with Crippen LogP contribution in [0.15, 0.2) is 18.2 Å². The van der Waals surface area contributed by atoms with Crippen molar-refractivity contribution in [3.05, 3.63) is 18.2 Å². The largest absolute Gasteiger partial charge is 0.494 e. The summed E-state index contributed by atoms with van der Waals surface area (Å²) in [4.78, 5) is 2.41. The van der Waals surface area contributed by atoms with Gasteiger partial charge in [0, 0.05) is 19.2 Å². The van der Waals surface area contributed by atoms with Crippen LogP contribution in [0.1, 0.15) is 26.7 Å². The predicted molar refractivity (Wildman–Crippen MR) is 87.5 cm³/mol. The molecule has 118 valence electrons. The second-order valence-electron chi connectivity index (χ2n) is 5.68. The van der Waals surface area contributed by atoms with Gasteiger partial charge in [-0.2, -0.15) is 0 Å². The zero-order chi connectivity index (χ0) is 15.1. The molecule has 1 saturated heterocycles. The van der Waals surface area contributed by atoms with E-state index >= 15 is 0 Å². The Kier molecular flexibility index (Phi) is 6.18. The highest BCUT2D eigenvalue weighted by molar-refractivity contribution is 5.59. The lowest BCUT2D eigenvalue weighted by Gasteiger charge is -2.30. The highest BCUT2D eigenvalue weighted by Crippen LogP contribution is 2.30. The second-order valence-corrected chi connectivity index (χ2v) is 5.68. The fraction of sp³-hybridized carbons (Fsp3) is 0.647. The third-order valence-corrected chi connectivity index (χ3v) is 3.87. The van der Waals surface area contributed by atoms with E-state index in [0.717, 1.165) is 23.7 Å². The van der Waals surface area contributed by atoms with Crippen molar-refractivity contribution < 1.29 is 9.47 Å². The molecule has 0 bridgehead atoms. The summed E-state index contributed by atoms with van der Waals surface area (Å²) in [5.74, 6) is 2.50. The monoisotopic (exact) mass is 292 g/mol. The van der Waals surface area contributed by atoms with E-state index in [2.05, 4.69) is 17.3 Å². The molecule has 0 amide bonds. The van der Waals surface area contributed by atoms with Crippen molar-refractivity contribution in [2.24, 2.45) is 5.92 Å². The highest BCUT2D eigenvalue weighted by Gasteiger charge is 2.17. The summed E-state index contributed by atoms with van der Waals surface area (Å²) in [6.07, 6.45) is 2.59. The highest BCUT2D eigenvalue weighted by atomic mass is 16.5. The fourth-order valence-electron chi connectivity index (χ4n) is 2.88. The average Bonchev–Trinajstić information content (AvgIpc) is 2.48. The van der Waals surface area contributed by atoms with Crippen LogP contribution in [0.5, 0.6) is 11.5 Å². The predicted octanol–water partition coefficient (Wildman–Crippen LogP) is 3.24. The standard InChI is InChI=1S/C17H28N2O2/c1-4-20-15-8-9-17(21-5-2)16(11-15)18-12-14-7-6-10-19(3)13-14/h8-9,11,14,18H,4-7,10,12-13H2,1-3H3. The Morgan fingerprint density at radius 3 is 2.76 bits per heavy atom. The summed E-state index contributed by atoms with van der Waals surface area (Å²) in [5.41, 5.74) is 1.04. The minimum Gasteiger partial charge on any atom is -0.494 e. The first-order chi connectivity index (χ1) is 10.2. The van der Waals surface area contributed by atoms with Gasteiger partial charge >= 0.3 is 0 Å². The molecule has 1 aliphatic rings. The summed E-state index contributed by atoms with van der Waals surface area (Å²) in [6, 6.07) is 6.00. The third-order valence-electron chi connectivity index (χ3n) is 3.87. The number of likely N-dealkylation sites (tertiary alicyclic amines) is 1. The molecule has 0 aliphatic carbocycles. The van der Waals surface area contributed by atoms with Gasteiger partial charge in [0.1, 0.15) is 11.5 Å². The first kappa shape index (κ1) is 16.0. The van der Waals surface area contributed by atoms with Crippen LogP contribution in [0.3, 0.4) is 0 Å². The number of ether oxygens (including phenoxy) is 2. The molecule has 4 heteroatoms. The summed E-state index contributed by atoms with van der Waals surface area (Å²) in [5, 5.41) is 3.56. The van der Waals surface area contributed by atoms with Crippen molar-refractivity contribution in [2.45, 2.75) is 26.7 Å². The first-order valence-electron chi connectivity index (χ1n) is 8.05. The van der Waals surface area contributed by atoms with Crippen molar-refractivity contribution in [3.8, 4) is 11.5 Å². The summed E-state index contributed by atoms with van der Waals surface area (Å²) in [7, 11) is 2.20. The van der Waals surface area contributed by atoms with Crippen molar-refractivity contribution in [1.82, 2.24) is 4.90 Å². The minimum absolute atomic E-state index is 0.675. The first-order valence-corrected chi connectivity index (χ1v) is 8.05. The molecule has 1 unspecified atom stereocenters. The van der Waals surface area contributed by atoms with Crippen molar-refractivity contribution >= 4 is 5.69 Å². The Bertz CT molecular complexity index is 437. The molecule has 1 atom stereocenters. The smallest absolute Gasteiger partial charge is 0.142 e. The maximum absolute atomic E-state index is 5.70. The van der Waals surface area contributed by atoms with Gasteiger partial charge in [0.05, 0.1) is 18.9 Å². The van der Waals surface area contributed by atoms with E-state index < -0.39 is 0 Å². The molecule has 1 aliphatic heterocycles. The van der Waals surface area contributed by atoms with Crippen LogP contribution in [-0.4, -0.2) is 44.8 Å². The molecule has 1 aromatic carbocycles. The molecule has 1 fully saturated rings. The van der Waals surface area contributed by atoms with Gasteiger partial charge in [-0.1, -0.05) is 0 Å². The van der Waals surface area contributed by atoms with E-state index in [1.165, 1.54) is 25.9 Å². The number of rotatable bonds is 7. The molecular weight excluding hydrogens is 264 g/mol. The van der Waals surface area contributed by atoms with Crippen LogP contribution >= 0.6 is 0 Å². The number of anilines is 1. The lowest BCUT2D eigenvalue weighted by Crippen LogP contribution is -2.35. The van der Waals surface area contributed by atoms with E-state index in [-0.39, 0.29) is 0 Å². The Labute approximate surface area is 128 Å². The van der Waals surface area contributed by atoms with Crippen LogP contribution in [0.2, 0.25) is 0 Å². The van der Waals surface area contributed by atoms with Gasteiger partial charge in [0.25, 0.3) is 0 Å². The summed E-state index contributed by atoms with van der Waals surface area (Å²) >= 11 is 0. The minimum atomic E-state index is 0.675. The Morgan fingerprint density at radius 2 is 2.05 bits per heavy atom. The Balaban J connectivity index is 2.00. The molecule has 0 aromatic heterocycles. The Morgan fingerprint density at radius 1 is 1.24 bits per heavy atom. The SMILES string of the molecule is CCOc1ccc(OCC)c(NCC2CCCN(C)C2)c1. The van der Waals surface area contributed by atoms with Gasteiger partial charge < -0.3 is 19.7 Å². The van der Waals surface area contributed by atoms with E-state index in [0.29, 0.717) is 19.1 Å². The van der Waals surface area contributed by atoms with Crippen LogP contribution in [0, 0.1) is 5.92 Å². The number of benzene rings is 1. The van der Waals surface area contributed by atoms with Crippen LogP contribution in [0.25, 0.3) is 0 Å². The van der Waals surface area contributed by atoms with Gasteiger partial charge in [0.15, 0.2) is 0 Å². The molecule has 0 saturated carbocycles. The Hall–Kier alpha value is -1.42. The number of piperidine rings is 1. The van der Waals surface area contributed by atoms with E-state index in [4.69, 9.17) is 9.47 Å². The van der Waals surface area contributed by atoms with Gasteiger partial charge in [-0.25, -0.2) is 0 Å². The fourth-order valence-corrected chi connectivity index (χ4v) is 2.88. The van der Waals surface area contributed by atoms with Gasteiger partial charge in [0.2, 0.25) is 0 Å². The molecule has 1 heterocycles. The maximum Gasteiger partial charge on any atom is 0.142 e. The molecule has 21 heavy (non-hydrogen) atoms. The normalized spacial score (nSPS) is 19.3. The quantitative estimate of drug-likeness (QED) is 0.836.